The summed E-state index contributed by atoms with van der Waals surface area (Å²) in [5.41, 5.74) is 2.57. The fourth-order valence-corrected chi connectivity index (χ4v) is 3.91. The lowest BCUT2D eigenvalue weighted by atomic mass is 10.1. The molecule has 8 nitrogen and oxygen atoms in total. The van der Waals surface area contributed by atoms with Crippen molar-refractivity contribution in [3.05, 3.63) is 86.9 Å². The number of carbonyl (C=O) groups is 1. The lowest BCUT2D eigenvalue weighted by Gasteiger charge is -2.13. The maximum atomic E-state index is 12.7. The Morgan fingerprint density at radius 2 is 1.92 bits per heavy atom. The molecule has 0 radical (unpaired) electrons. The summed E-state index contributed by atoms with van der Waals surface area (Å²) < 4.78 is 22.6. The number of rotatable bonds is 8. The van der Waals surface area contributed by atoms with Crippen LogP contribution in [0.2, 0.25) is 0 Å². The van der Waals surface area contributed by atoms with Crippen molar-refractivity contribution in [1.82, 2.24) is 5.32 Å². The van der Waals surface area contributed by atoms with Gasteiger partial charge in [-0.05, 0) is 47.5 Å². The molecule has 9 heteroatoms. The molecule has 1 N–H and O–H groups in total. The largest absolute Gasteiger partial charge is 0.493 e. The monoisotopic (exact) mass is 545 g/mol. The normalized spacial score (nSPS) is 11.8. The third-order valence-electron chi connectivity index (χ3n) is 5.36. The first-order valence-electron chi connectivity index (χ1n) is 10.8. The average molecular weight is 546 g/mol. The molecule has 0 unspecified atom stereocenters. The van der Waals surface area contributed by atoms with E-state index in [1.807, 2.05) is 24.3 Å². The SMILES string of the molecule is COc1cc(/C=C(\C#N)C(=O)NCc2ccc3c(c2)OCO3)c(Br)cc1OCc1ccccc1C#N. The average Bonchev–Trinajstić information content (AvgIpc) is 3.38. The van der Waals surface area contributed by atoms with Gasteiger partial charge in [0.05, 0.1) is 18.7 Å². The Hall–Kier alpha value is -4.47. The molecule has 0 saturated carbocycles. The number of methoxy groups -OCH3 is 1. The van der Waals surface area contributed by atoms with E-state index in [0.717, 1.165) is 11.1 Å². The molecule has 3 aromatic carbocycles. The minimum atomic E-state index is -0.519. The van der Waals surface area contributed by atoms with Crippen LogP contribution in [0.3, 0.4) is 0 Å². The summed E-state index contributed by atoms with van der Waals surface area (Å²) in [5.74, 6) is 1.61. The predicted molar refractivity (Wildman–Crippen MR) is 134 cm³/mol. The van der Waals surface area contributed by atoms with Crippen molar-refractivity contribution in [2.45, 2.75) is 13.2 Å². The Morgan fingerprint density at radius 3 is 2.69 bits per heavy atom. The highest BCUT2D eigenvalue weighted by molar-refractivity contribution is 9.10. The molecule has 1 heterocycles. The fraction of sp³-hybridized carbons (Fsp3) is 0.148. The second kappa shape index (κ2) is 11.3. The molecule has 4 rings (SSSR count). The number of hydrogen-bond acceptors (Lipinski definition) is 7. The molecule has 1 aliphatic heterocycles. The summed E-state index contributed by atoms with van der Waals surface area (Å²) in [4.78, 5) is 12.7. The smallest absolute Gasteiger partial charge is 0.262 e. The van der Waals surface area contributed by atoms with Crippen molar-refractivity contribution in [1.29, 1.82) is 10.5 Å². The third-order valence-corrected chi connectivity index (χ3v) is 6.05. The molecule has 0 saturated heterocycles. The Kier molecular flexibility index (Phi) is 7.74. The number of ether oxygens (including phenoxy) is 4. The van der Waals surface area contributed by atoms with E-state index in [-0.39, 0.29) is 25.5 Å². The Labute approximate surface area is 216 Å². The van der Waals surface area contributed by atoms with Gasteiger partial charge in [-0.1, -0.05) is 40.2 Å². The zero-order valence-electron chi connectivity index (χ0n) is 19.2. The van der Waals surface area contributed by atoms with E-state index in [9.17, 15) is 15.3 Å². The van der Waals surface area contributed by atoms with Crippen molar-refractivity contribution < 1.29 is 23.7 Å². The number of carbonyl (C=O) groups excluding carboxylic acids is 1. The first-order chi connectivity index (χ1) is 17.5. The van der Waals surface area contributed by atoms with Crippen LogP contribution in [0.15, 0.2) is 64.6 Å². The number of amides is 1. The van der Waals surface area contributed by atoms with Gasteiger partial charge in [0, 0.05) is 16.6 Å². The van der Waals surface area contributed by atoms with Gasteiger partial charge in [-0.15, -0.1) is 0 Å². The van der Waals surface area contributed by atoms with Crippen molar-refractivity contribution in [3.63, 3.8) is 0 Å². The number of nitriles is 2. The molecule has 0 atom stereocenters. The number of halogens is 1. The zero-order valence-corrected chi connectivity index (χ0v) is 20.8. The first-order valence-corrected chi connectivity index (χ1v) is 11.6. The van der Waals surface area contributed by atoms with Gasteiger partial charge >= 0.3 is 0 Å². The van der Waals surface area contributed by atoms with Crippen LogP contribution in [0.5, 0.6) is 23.0 Å². The third kappa shape index (κ3) is 5.60. The standard InChI is InChI=1S/C27H20BrN3O5/c1-33-24-10-20(22(28)11-26(24)34-15-19-5-3-2-4-18(19)12-29)9-21(13-30)27(32)31-14-17-6-7-23-25(8-17)36-16-35-23/h2-11H,14-16H2,1H3,(H,31,32)/b21-9+. The van der Waals surface area contributed by atoms with E-state index in [4.69, 9.17) is 18.9 Å². The molecule has 0 bridgehead atoms. The molecule has 1 aliphatic rings. The lowest BCUT2D eigenvalue weighted by molar-refractivity contribution is -0.117. The fourth-order valence-electron chi connectivity index (χ4n) is 3.48. The number of nitrogens with zero attached hydrogens (tertiary/aromatic N) is 2. The minimum absolute atomic E-state index is 0.0740. The highest BCUT2D eigenvalue weighted by Crippen LogP contribution is 2.35. The van der Waals surface area contributed by atoms with Crippen LogP contribution in [0.1, 0.15) is 22.3 Å². The van der Waals surface area contributed by atoms with Crippen molar-refractivity contribution in [3.8, 4) is 35.1 Å². The predicted octanol–water partition coefficient (Wildman–Crippen LogP) is 4.86. The van der Waals surface area contributed by atoms with Gasteiger partial charge in [-0.2, -0.15) is 10.5 Å². The van der Waals surface area contributed by atoms with Crippen LogP contribution < -0.4 is 24.3 Å². The molecule has 0 aromatic heterocycles. The second-order valence-electron chi connectivity index (χ2n) is 7.62. The Morgan fingerprint density at radius 1 is 1.11 bits per heavy atom. The molecule has 180 valence electrons. The van der Waals surface area contributed by atoms with Crippen molar-refractivity contribution >= 4 is 27.9 Å². The minimum Gasteiger partial charge on any atom is -0.493 e. The van der Waals surface area contributed by atoms with Crippen LogP contribution in [-0.2, 0) is 17.9 Å². The molecule has 3 aromatic rings. The van der Waals surface area contributed by atoms with Crippen LogP contribution in [0.4, 0.5) is 0 Å². The summed E-state index contributed by atoms with van der Waals surface area (Å²) in [5, 5.41) is 21.6. The zero-order chi connectivity index (χ0) is 25.5. The quantitative estimate of drug-likeness (QED) is 0.317. The van der Waals surface area contributed by atoms with E-state index in [1.54, 1.807) is 36.4 Å². The molecule has 0 spiro atoms. The van der Waals surface area contributed by atoms with Crippen molar-refractivity contribution in [2.24, 2.45) is 0 Å². The van der Waals surface area contributed by atoms with E-state index in [2.05, 4.69) is 27.3 Å². The number of hydrogen-bond donors (Lipinski definition) is 1. The van der Waals surface area contributed by atoms with Gasteiger partial charge in [0.25, 0.3) is 5.91 Å². The first kappa shape index (κ1) is 24.6. The number of nitrogens with one attached hydrogen (secondary N) is 1. The molecular formula is C27H20BrN3O5. The maximum Gasteiger partial charge on any atom is 0.262 e. The Bertz CT molecular complexity index is 1420. The van der Waals surface area contributed by atoms with Gasteiger partial charge in [-0.25, -0.2) is 0 Å². The van der Waals surface area contributed by atoms with Crippen LogP contribution in [0.25, 0.3) is 6.08 Å². The topological polar surface area (TPSA) is 114 Å². The lowest BCUT2D eigenvalue weighted by Crippen LogP contribution is -2.23. The second-order valence-corrected chi connectivity index (χ2v) is 8.48. The van der Waals surface area contributed by atoms with Gasteiger partial charge in [0.15, 0.2) is 23.0 Å². The van der Waals surface area contributed by atoms with Crippen molar-refractivity contribution in [2.75, 3.05) is 13.9 Å². The maximum absolute atomic E-state index is 12.7. The molecular weight excluding hydrogens is 526 g/mol. The summed E-state index contributed by atoms with van der Waals surface area (Å²) in [7, 11) is 1.50. The van der Waals surface area contributed by atoms with Gasteiger partial charge < -0.3 is 24.3 Å². The van der Waals surface area contributed by atoms with E-state index < -0.39 is 5.91 Å². The van der Waals surface area contributed by atoms with Crippen LogP contribution in [0, 0.1) is 22.7 Å². The van der Waals surface area contributed by atoms with Gasteiger partial charge in [0.1, 0.15) is 18.2 Å². The van der Waals surface area contributed by atoms with Crippen LogP contribution >= 0.6 is 15.9 Å². The molecule has 1 amide bonds. The summed E-state index contributed by atoms with van der Waals surface area (Å²) in [6, 6.07) is 20.0. The summed E-state index contributed by atoms with van der Waals surface area (Å²) in [6.07, 6.45) is 1.47. The van der Waals surface area contributed by atoms with E-state index >= 15 is 0 Å². The van der Waals surface area contributed by atoms with E-state index in [0.29, 0.717) is 38.6 Å². The highest BCUT2D eigenvalue weighted by atomic mass is 79.9. The summed E-state index contributed by atoms with van der Waals surface area (Å²) in [6.45, 7) is 0.561. The van der Waals surface area contributed by atoms with E-state index in [1.165, 1.54) is 13.2 Å². The number of fused-ring (bicyclic) bond motifs is 1. The molecule has 0 fully saturated rings. The summed E-state index contributed by atoms with van der Waals surface area (Å²) >= 11 is 3.48. The van der Waals surface area contributed by atoms with Gasteiger partial charge in [-0.3, -0.25) is 4.79 Å². The molecule has 0 aliphatic carbocycles. The van der Waals surface area contributed by atoms with Crippen LogP contribution in [-0.4, -0.2) is 19.8 Å². The molecule has 36 heavy (non-hydrogen) atoms. The Balaban J connectivity index is 1.48. The van der Waals surface area contributed by atoms with Gasteiger partial charge in [0.2, 0.25) is 6.79 Å². The highest BCUT2D eigenvalue weighted by Gasteiger charge is 2.16. The number of benzene rings is 3.